The van der Waals surface area contributed by atoms with Crippen LogP contribution in [0, 0.1) is 0 Å². The van der Waals surface area contributed by atoms with E-state index in [4.69, 9.17) is 4.74 Å². The van der Waals surface area contributed by atoms with Gasteiger partial charge in [-0.1, -0.05) is 11.8 Å². The first-order chi connectivity index (χ1) is 9.22. The molecule has 0 spiro atoms. The Morgan fingerprint density at radius 3 is 2.74 bits per heavy atom. The molecule has 2 rings (SSSR count). The van der Waals surface area contributed by atoms with Crippen LogP contribution in [0.25, 0.3) is 0 Å². The summed E-state index contributed by atoms with van der Waals surface area (Å²) in [6.45, 7) is 0.744. The molecule has 5 nitrogen and oxygen atoms in total. The van der Waals surface area contributed by atoms with Gasteiger partial charge in [0, 0.05) is 19.3 Å². The first kappa shape index (κ1) is 13.7. The lowest BCUT2D eigenvalue weighted by Crippen LogP contribution is -2.26. The molecule has 6 heteroatoms. The fourth-order valence-electron chi connectivity index (χ4n) is 1.76. The third-order valence-corrected chi connectivity index (χ3v) is 4.05. The van der Waals surface area contributed by atoms with E-state index in [1.54, 1.807) is 14.2 Å². The Hall–Kier alpha value is -1.69. The fourth-order valence-corrected chi connectivity index (χ4v) is 2.69. The number of rotatable bonds is 5. The Morgan fingerprint density at radius 1 is 1.42 bits per heavy atom. The van der Waals surface area contributed by atoms with E-state index < -0.39 is 0 Å². The largest absolute Gasteiger partial charge is 0.497 e. The zero-order valence-electron chi connectivity index (χ0n) is 11.0. The zero-order chi connectivity index (χ0) is 13.7. The number of aliphatic imine (C=N–C) groups is 1. The maximum atomic E-state index is 11.6. The second kappa shape index (κ2) is 6.47. The van der Waals surface area contributed by atoms with Gasteiger partial charge in [0.05, 0.1) is 12.4 Å². The maximum absolute atomic E-state index is 11.6. The number of nitrogens with zero attached hydrogens (tertiary/aromatic N) is 1. The third kappa shape index (κ3) is 3.64. The van der Waals surface area contributed by atoms with E-state index in [2.05, 4.69) is 15.6 Å². The van der Waals surface area contributed by atoms with Gasteiger partial charge < -0.3 is 15.4 Å². The molecule has 1 amide bonds. The van der Waals surface area contributed by atoms with Crippen LogP contribution in [0.5, 0.6) is 5.75 Å². The number of ether oxygens (including phenoxy) is 1. The normalized spacial score (nSPS) is 20.4. The zero-order valence-corrected chi connectivity index (χ0v) is 11.8. The van der Waals surface area contributed by atoms with Gasteiger partial charge in [0.25, 0.3) is 0 Å². The Morgan fingerprint density at radius 2 is 2.16 bits per heavy atom. The van der Waals surface area contributed by atoms with E-state index in [1.165, 1.54) is 11.8 Å². The minimum absolute atomic E-state index is 0.0436. The standard InChI is InChI=1S/C13H17N3O2S/c1-14-13-16-12(17)11(19-13)7-8-15-9-3-5-10(18-2)6-4-9/h3-6,11,15H,7-8H2,1-2H3,(H,14,16,17). The minimum atomic E-state index is -0.0514. The van der Waals surface area contributed by atoms with Crippen LogP contribution in [0.4, 0.5) is 5.69 Å². The molecule has 0 aliphatic carbocycles. The predicted octanol–water partition coefficient (Wildman–Crippen LogP) is 1.71. The van der Waals surface area contributed by atoms with Crippen LogP contribution in [0.2, 0.25) is 0 Å². The van der Waals surface area contributed by atoms with Crippen LogP contribution in [0.1, 0.15) is 6.42 Å². The molecule has 1 fully saturated rings. The van der Waals surface area contributed by atoms with Gasteiger partial charge in [-0.05, 0) is 30.7 Å². The number of thioether (sulfide) groups is 1. The lowest BCUT2D eigenvalue weighted by Gasteiger charge is -2.09. The molecule has 2 N–H and O–H groups in total. The van der Waals surface area contributed by atoms with Gasteiger partial charge in [0.2, 0.25) is 5.91 Å². The van der Waals surface area contributed by atoms with E-state index in [0.717, 1.165) is 24.4 Å². The topological polar surface area (TPSA) is 62.7 Å². The fraction of sp³-hybridized carbons (Fsp3) is 0.385. The van der Waals surface area contributed by atoms with Crippen molar-refractivity contribution in [2.45, 2.75) is 11.7 Å². The highest BCUT2D eigenvalue weighted by Gasteiger charge is 2.28. The van der Waals surface area contributed by atoms with Crippen molar-refractivity contribution in [3.05, 3.63) is 24.3 Å². The molecule has 0 bridgehead atoms. The van der Waals surface area contributed by atoms with Crippen molar-refractivity contribution < 1.29 is 9.53 Å². The summed E-state index contributed by atoms with van der Waals surface area (Å²) >= 11 is 1.49. The number of carbonyl (C=O) groups excluding carboxylic acids is 1. The van der Waals surface area contributed by atoms with Crippen molar-refractivity contribution in [1.29, 1.82) is 0 Å². The van der Waals surface area contributed by atoms with Gasteiger partial charge in [-0.3, -0.25) is 9.79 Å². The van der Waals surface area contributed by atoms with Gasteiger partial charge in [-0.2, -0.15) is 0 Å². The molecule has 0 saturated carbocycles. The summed E-state index contributed by atoms with van der Waals surface area (Å²) in [7, 11) is 3.33. The molecule has 0 aromatic heterocycles. The number of nitrogens with one attached hydrogen (secondary N) is 2. The van der Waals surface area contributed by atoms with Crippen LogP contribution in [-0.4, -0.2) is 37.0 Å². The number of amides is 1. The maximum Gasteiger partial charge on any atom is 0.239 e. The Balaban J connectivity index is 1.78. The summed E-state index contributed by atoms with van der Waals surface area (Å²) in [5, 5.41) is 6.69. The smallest absolute Gasteiger partial charge is 0.239 e. The Bertz CT molecular complexity index is 473. The average molecular weight is 279 g/mol. The molecule has 1 aromatic carbocycles. The van der Waals surface area contributed by atoms with E-state index >= 15 is 0 Å². The van der Waals surface area contributed by atoms with Crippen molar-refractivity contribution in [2.24, 2.45) is 4.99 Å². The van der Waals surface area contributed by atoms with E-state index in [1.807, 2.05) is 24.3 Å². The number of methoxy groups -OCH3 is 1. The highest BCUT2D eigenvalue weighted by atomic mass is 32.2. The second-order valence-electron chi connectivity index (χ2n) is 4.07. The summed E-state index contributed by atoms with van der Waals surface area (Å²) in [4.78, 5) is 15.6. The number of hydrogen-bond acceptors (Lipinski definition) is 5. The Kier molecular flexibility index (Phi) is 4.68. The van der Waals surface area contributed by atoms with Gasteiger partial charge >= 0.3 is 0 Å². The lowest BCUT2D eigenvalue weighted by molar-refractivity contribution is -0.118. The second-order valence-corrected chi connectivity index (χ2v) is 5.26. The molecule has 1 aliphatic heterocycles. The van der Waals surface area contributed by atoms with Gasteiger partial charge in [-0.25, -0.2) is 0 Å². The van der Waals surface area contributed by atoms with Crippen LogP contribution in [0.3, 0.4) is 0 Å². The van der Waals surface area contributed by atoms with Crippen molar-refractivity contribution in [3.8, 4) is 5.75 Å². The van der Waals surface area contributed by atoms with Gasteiger partial charge in [0.1, 0.15) is 5.75 Å². The number of carbonyl (C=O) groups is 1. The number of benzene rings is 1. The van der Waals surface area contributed by atoms with Crippen LogP contribution in [0.15, 0.2) is 29.3 Å². The molecular weight excluding hydrogens is 262 g/mol. The molecular formula is C13H17N3O2S. The molecule has 1 atom stereocenters. The van der Waals surface area contributed by atoms with Gasteiger partial charge in [-0.15, -0.1) is 0 Å². The predicted molar refractivity (Wildman–Crippen MR) is 79.0 cm³/mol. The Labute approximate surface area is 116 Å². The van der Waals surface area contributed by atoms with Crippen LogP contribution in [-0.2, 0) is 4.79 Å². The molecule has 0 radical (unpaired) electrons. The quantitative estimate of drug-likeness (QED) is 0.861. The molecule has 1 heterocycles. The van der Waals surface area contributed by atoms with Crippen molar-refractivity contribution in [3.63, 3.8) is 0 Å². The number of amidine groups is 1. The summed E-state index contributed by atoms with van der Waals surface area (Å²) in [6.07, 6.45) is 0.765. The highest BCUT2D eigenvalue weighted by molar-refractivity contribution is 8.15. The summed E-state index contributed by atoms with van der Waals surface area (Å²) < 4.78 is 5.10. The number of anilines is 1. The average Bonchev–Trinajstić information content (AvgIpc) is 2.80. The van der Waals surface area contributed by atoms with E-state index in [9.17, 15) is 4.79 Å². The van der Waals surface area contributed by atoms with E-state index in [0.29, 0.717) is 5.17 Å². The van der Waals surface area contributed by atoms with Crippen molar-refractivity contribution >= 4 is 28.5 Å². The first-order valence-corrected chi connectivity index (χ1v) is 6.93. The van der Waals surface area contributed by atoms with Crippen molar-refractivity contribution in [1.82, 2.24) is 5.32 Å². The van der Waals surface area contributed by atoms with Crippen LogP contribution >= 0.6 is 11.8 Å². The minimum Gasteiger partial charge on any atom is -0.497 e. The van der Waals surface area contributed by atoms with E-state index in [-0.39, 0.29) is 11.2 Å². The number of hydrogen-bond donors (Lipinski definition) is 2. The summed E-state index contributed by atoms with van der Waals surface area (Å²) in [5.74, 6) is 0.877. The van der Waals surface area contributed by atoms with Crippen molar-refractivity contribution in [2.75, 3.05) is 26.0 Å². The molecule has 1 saturated heterocycles. The first-order valence-electron chi connectivity index (χ1n) is 6.05. The molecule has 102 valence electrons. The molecule has 19 heavy (non-hydrogen) atoms. The summed E-state index contributed by atoms with van der Waals surface area (Å²) in [6, 6.07) is 7.72. The molecule has 1 aromatic rings. The van der Waals surface area contributed by atoms with Crippen LogP contribution < -0.4 is 15.4 Å². The molecule has 1 unspecified atom stereocenters. The SMILES string of the molecule is CN=C1NC(=O)C(CCNc2ccc(OC)cc2)S1. The lowest BCUT2D eigenvalue weighted by atomic mass is 10.2. The molecule has 1 aliphatic rings. The third-order valence-electron chi connectivity index (χ3n) is 2.81. The monoisotopic (exact) mass is 279 g/mol. The summed E-state index contributed by atoms with van der Waals surface area (Å²) in [5.41, 5.74) is 1.02. The highest BCUT2D eigenvalue weighted by Crippen LogP contribution is 2.22. The van der Waals surface area contributed by atoms with Gasteiger partial charge in [0.15, 0.2) is 5.17 Å².